The van der Waals surface area contributed by atoms with Crippen molar-refractivity contribution in [3.05, 3.63) is 35.4 Å². The quantitative estimate of drug-likeness (QED) is 0.900. The highest BCUT2D eigenvalue weighted by molar-refractivity contribution is 5.77. The zero-order valence-corrected chi connectivity index (χ0v) is 11.4. The van der Waals surface area contributed by atoms with Gasteiger partial charge in [-0.1, -0.05) is 29.8 Å². The van der Waals surface area contributed by atoms with Crippen LogP contribution in [-0.4, -0.2) is 11.4 Å². The molecule has 1 N–H and O–H groups in total. The van der Waals surface area contributed by atoms with Crippen molar-refractivity contribution in [3.8, 4) is 6.07 Å². The largest absolute Gasteiger partial charge is 0.338 e. The Kier molecular flexibility index (Phi) is 4.21. The second kappa shape index (κ2) is 5.88. The average Bonchev–Trinajstić information content (AvgIpc) is 2.87. The molecule has 0 spiro atoms. The molecule has 3 nitrogen and oxygen atoms in total. The van der Waals surface area contributed by atoms with Crippen molar-refractivity contribution >= 4 is 5.91 Å². The molecule has 1 aliphatic rings. The van der Waals surface area contributed by atoms with Crippen LogP contribution in [0.5, 0.6) is 0 Å². The molecule has 0 radical (unpaired) electrons. The monoisotopic (exact) mass is 256 g/mol. The normalized spacial score (nSPS) is 16.8. The molecule has 2 rings (SSSR count). The lowest BCUT2D eigenvalue weighted by molar-refractivity contribution is -0.122. The van der Waals surface area contributed by atoms with Crippen molar-refractivity contribution in [2.75, 3.05) is 0 Å². The van der Waals surface area contributed by atoms with E-state index in [1.807, 2.05) is 6.92 Å². The summed E-state index contributed by atoms with van der Waals surface area (Å²) in [7, 11) is 0. The van der Waals surface area contributed by atoms with Gasteiger partial charge in [0.15, 0.2) is 0 Å². The van der Waals surface area contributed by atoms with Gasteiger partial charge in [0.2, 0.25) is 5.91 Å². The topological polar surface area (TPSA) is 52.9 Å². The molecule has 0 bridgehead atoms. The third kappa shape index (κ3) is 3.57. The van der Waals surface area contributed by atoms with Crippen LogP contribution in [0.4, 0.5) is 0 Å². The van der Waals surface area contributed by atoms with Crippen LogP contribution in [0.25, 0.3) is 0 Å². The van der Waals surface area contributed by atoms with Crippen LogP contribution in [-0.2, 0) is 11.2 Å². The SMILES string of the molecule is Cc1ccc(CCC(=O)NC2(C#N)CCCC2)cc1. The van der Waals surface area contributed by atoms with Gasteiger partial charge in [0.1, 0.15) is 5.54 Å². The molecule has 1 aromatic carbocycles. The molecule has 0 aliphatic heterocycles. The van der Waals surface area contributed by atoms with Gasteiger partial charge in [-0.05, 0) is 44.6 Å². The summed E-state index contributed by atoms with van der Waals surface area (Å²) in [6.45, 7) is 2.05. The number of carbonyl (C=O) groups excluding carboxylic acids is 1. The first kappa shape index (κ1) is 13.6. The Labute approximate surface area is 114 Å². The minimum atomic E-state index is -0.593. The molecule has 1 aliphatic carbocycles. The number of benzene rings is 1. The zero-order chi connectivity index (χ0) is 13.7. The number of aryl methyl sites for hydroxylation is 2. The lowest BCUT2D eigenvalue weighted by Gasteiger charge is -2.21. The predicted molar refractivity (Wildman–Crippen MR) is 74.5 cm³/mol. The number of nitrogens with zero attached hydrogens (tertiary/aromatic N) is 1. The Morgan fingerprint density at radius 2 is 1.95 bits per heavy atom. The van der Waals surface area contributed by atoms with Crippen LogP contribution >= 0.6 is 0 Å². The van der Waals surface area contributed by atoms with E-state index in [4.69, 9.17) is 0 Å². The minimum absolute atomic E-state index is 0.0102. The van der Waals surface area contributed by atoms with Gasteiger partial charge in [-0.15, -0.1) is 0 Å². The Bertz CT molecular complexity index is 478. The summed E-state index contributed by atoms with van der Waals surface area (Å²) in [5.41, 5.74) is 1.80. The number of carbonyl (C=O) groups is 1. The summed E-state index contributed by atoms with van der Waals surface area (Å²) in [5.74, 6) is -0.0102. The smallest absolute Gasteiger partial charge is 0.221 e. The summed E-state index contributed by atoms with van der Waals surface area (Å²) in [6, 6.07) is 10.5. The molecule has 0 aromatic heterocycles. The maximum Gasteiger partial charge on any atom is 0.221 e. The van der Waals surface area contributed by atoms with E-state index in [1.165, 1.54) is 5.56 Å². The third-order valence-electron chi connectivity index (χ3n) is 3.81. The lowest BCUT2D eigenvalue weighted by atomic mass is 9.99. The number of nitrogens with one attached hydrogen (secondary N) is 1. The summed E-state index contributed by atoms with van der Waals surface area (Å²) >= 11 is 0. The number of nitriles is 1. The fourth-order valence-electron chi connectivity index (χ4n) is 2.59. The van der Waals surface area contributed by atoms with Crippen LogP contribution in [0.3, 0.4) is 0 Å². The van der Waals surface area contributed by atoms with E-state index in [0.717, 1.165) is 37.7 Å². The Morgan fingerprint density at radius 1 is 1.32 bits per heavy atom. The fourth-order valence-corrected chi connectivity index (χ4v) is 2.59. The lowest BCUT2D eigenvalue weighted by Crippen LogP contribution is -2.45. The first-order chi connectivity index (χ1) is 9.13. The highest BCUT2D eigenvalue weighted by atomic mass is 16.1. The van der Waals surface area contributed by atoms with Crippen LogP contribution in [0.1, 0.15) is 43.2 Å². The number of rotatable bonds is 4. The van der Waals surface area contributed by atoms with Gasteiger partial charge in [-0.2, -0.15) is 5.26 Å². The molecule has 0 saturated heterocycles. The fraction of sp³-hybridized carbons (Fsp3) is 0.500. The zero-order valence-electron chi connectivity index (χ0n) is 11.4. The molecular weight excluding hydrogens is 236 g/mol. The molecule has 1 fully saturated rings. The average molecular weight is 256 g/mol. The number of amides is 1. The van der Waals surface area contributed by atoms with Crippen molar-refractivity contribution in [3.63, 3.8) is 0 Å². The molecule has 1 saturated carbocycles. The number of hydrogen-bond donors (Lipinski definition) is 1. The van der Waals surface area contributed by atoms with Crippen LogP contribution in [0.15, 0.2) is 24.3 Å². The minimum Gasteiger partial charge on any atom is -0.338 e. The molecule has 0 unspecified atom stereocenters. The maximum atomic E-state index is 11.9. The van der Waals surface area contributed by atoms with Gasteiger partial charge in [-0.3, -0.25) is 4.79 Å². The van der Waals surface area contributed by atoms with Crippen molar-refractivity contribution in [1.82, 2.24) is 5.32 Å². The van der Waals surface area contributed by atoms with E-state index >= 15 is 0 Å². The third-order valence-corrected chi connectivity index (χ3v) is 3.81. The molecule has 0 atom stereocenters. The molecule has 1 aromatic rings. The van der Waals surface area contributed by atoms with Gasteiger partial charge in [-0.25, -0.2) is 0 Å². The van der Waals surface area contributed by atoms with Crippen molar-refractivity contribution in [2.45, 2.75) is 51.0 Å². The van der Waals surface area contributed by atoms with Gasteiger partial charge in [0.05, 0.1) is 6.07 Å². The Balaban J connectivity index is 1.85. The first-order valence-corrected chi connectivity index (χ1v) is 6.91. The van der Waals surface area contributed by atoms with E-state index in [-0.39, 0.29) is 5.91 Å². The molecule has 3 heteroatoms. The van der Waals surface area contributed by atoms with Crippen LogP contribution in [0.2, 0.25) is 0 Å². The van der Waals surface area contributed by atoms with Gasteiger partial charge in [0.25, 0.3) is 0 Å². The highest BCUT2D eigenvalue weighted by Crippen LogP contribution is 2.28. The Morgan fingerprint density at radius 3 is 2.53 bits per heavy atom. The summed E-state index contributed by atoms with van der Waals surface area (Å²) < 4.78 is 0. The predicted octanol–water partition coefficient (Wildman–Crippen LogP) is 2.88. The summed E-state index contributed by atoms with van der Waals surface area (Å²) in [6.07, 6.45) is 4.83. The highest BCUT2D eigenvalue weighted by Gasteiger charge is 2.35. The molecule has 0 heterocycles. The van der Waals surface area contributed by atoms with E-state index in [1.54, 1.807) is 0 Å². The maximum absolute atomic E-state index is 11.9. The van der Waals surface area contributed by atoms with Gasteiger partial charge < -0.3 is 5.32 Å². The van der Waals surface area contributed by atoms with E-state index in [2.05, 4.69) is 35.7 Å². The van der Waals surface area contributed by atoms with Crippen molar-refractivity contribution < 1.29 is 4.79 Å². The van der Waals surface area contributed by atoms with Gasteiger partial charge >= 0.3 is 0 Å². The van der Waals surface area contributed by atoms with Crippen molar-refractivity contribution in [2.24, 2.45) is 0 Å². The molecule has 100 valence electrons. The molecule has 1 amide bonds. The first-order valence-electron chi connectivity index (χ1n) is 6.91. The number of hydrogen-bond acceptors (Lipinski definition) is 2. The summed E-state index contributed by atoms with van der Waals surface area (Å²) in [5, 5.41) is 12.1. The summed E-state index contributed by atoms with van der Waals surface area (Å²) in [4.78, 5) is 11.9. The Hall–Kier alpha value is -1.82. The second-order valence-corrected chi connectivity index (χ2v) is 5.43. The second-order valence-electron chi connectivity index (χ2n) is 5.43. The molecular formula is C16H20N2O. The van der Waals surface area contributed by atoms with Crippen LogP contribution in [0, 0.1) is 18.3 Å². The van der Waals surface area contributed by atoms with E-state index < -0.39 is 5.54 Å². The van der Waals surface area contributed by atoms with Gasteiger partial charge in [0, 0.05) is 6.42 Å². The van der Waals surface area contributed by atoms with Crippen molar-refractivity contribution in [1.29, 1.82) is 5.26 Å². The van der Waals surface area contributed by atoms with E-state index in [9.17, 15) is 10.1 Å². The van der Waals surface area contributed by atoms with Crippen LogP contribution < -0.4 is 5.32 Å². The standard InChI is InChI=1S/C16H20N2O/c1-13-4-6-14(7-5-13)8-9-15(19)18-16(12-17)10-2-3-11-16/h4-7H,2-3,8-11H2,1H3,(H,18,19). The van der Waals surface area contributed by atoms with E-state index in [0.29, 0.717) is 6.42 Å². The molecule has 19 heavy (non-hydrogen) atoms.